The number of carbonyl (C=O) groups excluding carboxylic acids is 1. The lowest BCUT2D eigenvalue weighted by atomic mass is 10.1. The van der Waals surface area contributed by atoms with Gasteiger partial charge in [-0.25, -0.2) is 0 Å². The van der Waals surface area contributed by atoms with Crippen LogP contribution in [0.3, 0.4) is 0 Å². The second-order valence-corrected chi connectivity index (χ2v) is 4.88. The van der Waals surface area contributed by atoms with Gasteiger partial charge in [-0.2, -0.15) is 0 Å². The van der Waals surface area contributed by atoms with Crippen LogP contribution in [0.25, 0.3) is 11.0 Å². The molecule has 0 aliphatic carbocycles. The number of rotatable bonds is 2. The first-order valence-corrected chi connectivity index (χ1v) is 6.72. The third kappa shape index (κ3) is 2.05. The summed E-state index contributed by atoms with van der Waals surface area (Å²) in [6.07, 6.45) is -0.680. The summed E-state index contributed by atoms with van der Waals surface area (Å²) in [5.41, 5.74) is 0.693. The Bertz CT molecular complexity index is 785. The molecule has 3 aromatic rings. The molecular weight excluding hydrogens is 268 g/mol. The Kier molecular flexibility index (Phi) is 2.67. The fourth-order valence-electron chi connectivity index (χ4n) is 2.41. The van der Waals surface area contributed by atoms with E-state index in [1.54, 1.807) is 12.1 Å². The summed E-state index contributed by atoms with van der Waals surface area (Å²) in [6.45, 7) is 0.187. The Labute approximate surface area is 120 Å². The number of carbonyl (C=O) groups is 1. The van der Waals surface area contributed by atoms with Crippen LogP contribution in [0.2, 0.25) is 0 Å². The molecule has 4 heteroatoms. The molecule has 4 rings (SSSR count). The van der Waals surface area contributed by atoms with Crippen molar-refractivity contribution in [1.29, 1.82) is 0 Å². The predicted molar refractivity (Wildman–Crippen MR) is 76.9 cm³/mol. The molecular formula is C17H12O4. The van der Waals surface area contributed by atoms with Crippen LogP contribution >= 0.6 is 0 Å². The number of ether oxygens (including phenoxy) is 2. The van der Waals surface area contributed by atoms with Crippen molar-refractivity contribution in [3.05, 3.63) is 60.4 Å². The number of para-hydroxylation sites is 3. The zero-order chi connectivity index (χ0) is 14.2. The third-order valence-electron chi connectivity index (χ3n) is 3.47. The van der Waals surface area contributed by atoms with E-state index in [0.717, 1.165) is 5.39 Å². The summed E-state index contributed by atoms with van der Waals surface area (Å²) in [4.78, 5) is 12.5. The maximum atomic E-state index is 12.5. The zero-order valence-corrected chi connectivity index (χ0v) is 11.1. The van der Waals surface area contributed by atoms with Gasteiger partial charge in [0.25, 0.3) is 0 Å². The lowest BCUT2D eigenvalue weighted by Gasteiger charge is -2.24. The van der Waals surface area contributed by atoms with Crippen LogP contribution in [0.5, 0.6) is 11.5 Å². The van der Waals surface area contributed by atoms with Gasteiger partial charge in [-0.05, 0) is 24.3 Å². The van der Waals surface area contributed by atoms with E-state index >= 15 is 0 Å². The molecule has 0 radical (unpaired) electrons. The maximum Gasteiger partial charge on any atom is 0.241 e. The lowest BCUT2D eigenvalue weighted by Crippen LogP contribution is -2.36. The van der Waals surface area contributed by atoms with Crippen molar-refractivity contribution in [1.82, 2.24) is 0 Å². The second kappa shape index (κ2) is 4.66. The van der Waals surface area contributed by atoms with Crippen LogP contribution in [0, 0.1) is 0 Å². The number of hydrogen-bond acceptors (Lipinski definition) is 4. The minimum absolute atomic E-state index is 0.187. The van der Waals surface area contributed by atoms with Crippen LogP contribution in [0.4, 0.5) is 0 Å². The fraction of sp³-hybridized carbons (Fsp3) is 0.118. The van der Waals surface area contributed by atoms with Gasteiger partial charge in [-0.3, -0.25) is 4.79 Å². The van der Waals surface area contributed by atoms with Crippen LogP contribution in [0.15, 0.2) is 59.0 Å². The van der Waals surface area contributed by atoms with E-state index < -0.39 is 6.10 Å². The SMILES string of the molecule is O=C(c1cc2ccccc2o1)C1COc2ccccc2O1. The van der Waals surface area contributed by atoms with Crippen molar-refractivity contribution in [2.45, 2.75) is 6.10 Å². The molecule has 0 saturated carbocycles. The van der Waals surface area contributed by atoms with Crippen molar-refractivity contribution in [2.75, 3.05) is 6.61 Å². The van der Waals surface area contributed by atoms with E-state index in [2.05, 4.69) is 0 Å². The number of benzene rings is 2. The number of Topliss-reactive ketones (excluding diaryl/α,β-unsaturated/α-hetero) is 1. The summed E-state index contributed by atoms with van der Waals surface area (Å²) in [6, 6.07) is 16.6. The molecule has 0 amide bonds. The normalized spacial score (nSPS) is 16.9. The van der Waals surface area contributed by atoms with Gasteiger partial charge in [0, 0.05) is 5.39 Å². The number of hydrogen-bond donors (Lipinski definition) is 0. The number of ketones is 1. The van der Waals surface area contributed by atoms with Gasteiger partial charge in [-0.1, -0.05) is 30.3 Å². The molecule has 1 unspecified atom stereocenters. The van der Waals surface area contributed by atoms with Gasteiger partial charge >= 0.3 is 0 Å². The highest BCUT2D eigenvalue weighted by atomic mass is 16.6. The molecule has 0 N–H and O–H groups in total. The van der Waals surface area contributed by atoms with Gasteiger partial charge in [0.2, 0.25) is 5.78 Å². The monoisotopic (exact) mass is 280 g/mol. The highest BCUT2D eigenvalue weighted by Gasteiger charge is 2.30. The minimum Gasteiger partial charge on any atom is -0.485 e. The summed E-state index contributed by atoms with van der Waals surface area (Å²) in [7, 11) is 0. The minimum atomic E-state index is -0.680. The Morgan fingerprint density at radius 1 is 1.00 bits per heavy atom. The average molecular weight is 280 g/mol. The van der Waals surface area contributed by atoms with Crippen molar-refractivity contribution in [3.8, 4) is 11.5 Å². The molecule has 4 nitrogen and oxygen atoms in total. The molecule has 21 heavy (non-hydrogen) atoms. The molecule has 0 bridgehead atoms. The first kappa shape index (κ1) is 12.0. The molecule has 1 atom stereocenters. The Morgan fingerprint density at radius 2 is 1.76 bits per heavy atom. The highest BCUT2D eigenvalue weighted by Crippen LogP contribution is 2.32. The molecule has 1 aliphatic heterocycles. The molecule has 2 heterocycles. The standard InChI is InChI=1S/C17H12O4/c18-17(15-9-11-5-1-2-6-12(11)20-15)16-10-19-13-7-3-4-8-14(13)21-16/h1-9,16H,10H2. The molecule has 0 fully saturated rings. The topological polar surface area (TPSA) is 48.7 Å². The van der Waals surface area contributed by atoms with Crippen molar-refractivity contribution < 1.29 is 18.7 Å². The van der Waals surface area contributed by atoms with Crippen LogP contribution < -0.4 is 9.47 Å². The summed E-state index contributed by atoms with van der Waals surface area (Å²) in [5.74, 6) is 1.33. The van der Waals surface area contributed by atoms with Gasteiger partial charge in [0.1, 0.15) is 12.2 Å². The summed E-state index contributed by atoms with van der Waals surface area (Å²) < 4.78 is 16.9. The molecule has 1 aliphatic rings. The van der Waals surface area contributed by atoms with Crippen molar-refractivity contribution >= 4 is 16.8 Å². The predicted octanol–water partition coefficient (Wildman–Crippen LogP) is 3.46. The molecule has 104 valence electrons. The molecule has 2 aromatic carbocycles. The smallest absolute Gasteiger partial charge is 0.241 e. The Balaban J connectivity index is 1.63. The molecule has 0 saturated heterocycles. The highest BCUT2D eigenvalue weighted by molar-refractivity contribution is 6.00. The first-order valence-electron chi connectivity index (χ1n) is 6.72. The summed E-state index contributed by atoms with van der Waals surface area (Å²) >= 11 is 0. The van der Waals surface area contributed by atoms with Gasteiger partial charge in [0.05, 0.1) is 0 Å². The zero-order valence-electron chi connectivity index (χ0n) is 11.1. The number of fused-ring (bicyclic) bond motifs is 2. The second-order valence-electron chi connectivity index (χ2n) is 4.88. The fourth-order valence-corrected chi connectivity index (χ4v) is 2.41. The quantitative estimate of drug-likeness (QED) is 0.674. The largest absolute Gasteiger partial charge is 0.485 e. The Morgan fingerprint density at radius 3 is 2.62 bits per heavy atom. The maximum absolute atomic E-state index is 12.5. The van der Waals surface area contributed by atoms with E-state index in [-0.39, 0.29) is 12.4 Å². The van der Waals surface area contributed by atoms with Crippen LogP contribution in [0.1, 0.15) is 10.6 Å². The van der Waals surface area contributed by atoms with Crippen LogP contribution in [-0.2, 0) is 0 Å². The van der Waals surface area contributed by atoms with Crippen LogP contribution in [-0.4, -0.2) is 18.5 Å². The lowest BCUT2D eigenvalue weighted by molar-refractivity contribution is 0.0561. The first-order chi connectivity index (χ1) is 10.3. The third-order valence-corrected chi connectivity index (χ3v) is 3.47. The van der Waals surface area contributed by atoms with E-state index in [9.17, 15) is 4.79 Å². The van der Waals surface area contributed by atoms with Crippen molar-refractivity contribution in [2.24, 2.45) is 0 Å². The van der Waals surface area contributed by atoms with E-state index in [0.29, 0.717) is 22.8 Å². The van der Waals surface area contributed by atoms with E-state index in [1.807, 2.05) is 42.5 Å². The van der Waals surface area contributed by atoms with Crippen molar-refractivity contribution in [3.63, 3.8) is 0 Å². The number of furan rings is 1. The van der Waals surface area contributed by atoms with Gasteiger partial charge in [0.15, 0.2) is 23.4 Å². The van der Waals surface area contributed by atoms with E-state index in [4.69, 9.17) is 13.9 Å². The molecule has 1 aromatic heterocycles. The molecule has 0 spiro atoms. The van der Waals surface area contributed by atoms with E-state index in [1.165, 1.54) is 0 Å². The van der Waals surface area contributed by atoms with Gasteiger partial charge in [-0.15, -0.1) is 0 Å². The average Bonchev–Trinajstić information content (AvgIpc) is 2.97. The summed E-state index contributed by atoms with van der Waals surface area (Å²) in [5, 5.41) is 0.901. The Hall–Kier alpha value is -2.75. The van der Waals surface area contributed by atoms with Gasteiger partial charge < -0.3 is 13.9 Å².